The molecular formula is C14H28CuN2O2S2. The van der Waals surface area contributed by atoms with Crippen molar-refractivity contribution in [1.82, 2.24) is 9.80 Å². The van der Waals surface area contributed by atoms with Crippen LogP contribution in [0.1, 0.15) is 55.4 Å². The summed E-state index contributed by atoms with van der Waals surface area (Å²) in [5.41, 5.74) is 0. The Labute approximate surface area is 151 Å². The van der Waals surface area contributed by atoms with Crippen molar-refractivity contribution in [3.63, 3.8) is 0 Å². The molecule has 0 saturated heterocycles. The summed E-state index contributed by atoms with van der Waals surface area (Å²) >= 11 is 9.08. The molecule has 21 heavy (non-hydrogen) atoms. The second kappa shape index (κ2) is 12.4. The molecule has 0 heterocycles. The van der Waals surface area contributed by atoms with Crippen LogP contribution in [0.3, 0.4) is 0 Å². The topological polar surface area (TPSA) is 40.6 Å². The van der Waals surface area contributed by atoms with E-state index >= 15 is 0 Å². The number of amides is 2. The molecule has 4 nitrogen and oxygen atoms in total. The molecule has 0 rings (SSSR count). The Morgan fingerprint density at radius 3 is 0.762 bits per heavy atom. The summed E-state index contributed by atoms with van der Waals surface area (Å²) in [5.74, 6) is 0. The zero-order valence-corrected chi connectivity index (χ0v) is 16.7. The van der Waals surface area contributed by atoms with Gasteiger partial charge in [0.2, 0.25) is 0 Å². The van der Waals surface area contributed by atoms with Gasteiger partial charge in [0.15, 0.2) is 0 Å². The fraction of sp³-hybridized carbons (Fsp3) is 0.857. The smallest absolute Gasteiger partial charge is 0.719 e. The first kappa shape index (κ1) is 25.8. The minimum atomic E-state index is -0.259. The third-order valence-electron chi connectivity index (χ3n) is 2.65. The maximum atomic E-state index is 10.8. The van der Waals surface area contributed by atoms with Crippen LogP contribution in [0, 0.1) is 0 Å². The molecule has 0 atom stereocenters. The van der Waals surface area contributed by atoms with Gasteiger partial charge in [0, 0.05) is 24.2 Å². The SMILES string of the molecule is CC(C)N(C(=O)[S-])C(C)C.CC(C)N(C(=O)[S-])C(C)C.[Cu+2]. The van der Waals surface area contributed by atoms with Gasteiger partial charge in [-0.1, -0.05) is 0 Å². The predicted octanol–water partition coefficient (Wildman–Crippen LogP) is 3.54. The maximum Gasteiger partial charge on any atom is 2.00 e. The first-order chi connectivity index (χ1) is 8.93. The van der Waals surface area contributed by atoms with Gasteiger partial charge in [0.25, 0.3) is 0 Å². The van der Waals surface area contributed by atoms with E-state index in [-0.39, 0.29) is 51.7 Å². The third-order valence-corrected chi connectivity index (χ3v) is 3.07. The van der Waals surface area contributed by atoms with Crippen molar-refractivity contribution >= 4 is 35.7 Å². The van der Waals surface area contributed by atoms with Gasteiger partial charge in [0.1, 0.15) is 10.5 Å². The van der Waals surface area contributed by atoms with E-state index in [2.05, 4.69) is 25.3 Å². The second-order valence-corrected chi connectivity index (χ2v) is 6.42. The predicted molar refractivity (Wildman–Crippen MR) is 89.7 cm³/mol. The van der Waals surface area contributed by atoms with Crippen LogP contribution in [0.25, 0.3) is 0 Å². The fourth-order valence-electron chi connectivity index (χ4n) is 2.04. The van der Waals surface area contributed by atoms with Crippen molar-refractivity contribution in [2.24, 2.45) is 0 Å². The summed E-state index contributed by atoms with van der Waals surface area (Å²) in [4.78, 5) is 24.9. The molecule has 0 aliphatic carbocycles. The number of carbonyl (C=O) groups is 2. The molecule has 0 aliphatic heterocycles. The van der Waals surface area contributed by atoms with E-state index in [1.54, 1.807) is 9.80 Å². The van der Waals surface area contributed by atoms with Gasteiger partial charge in [0.05, 0.1) is 0 Å². The fourth-order valence-corrected chi connectivity index (χ4v) is 2.88. The van der Waals surface area contributed by atoms with Crippen molar-refractivity contribution in [1.29, 1.82) is 0 Å². The van der Waals surface area contributed by atoms with Crippen LogP contribution in [-0.2, 0) is 42.3 Å². The zero-order chi connectivity index (χ0) is 16.6. The molecule has 0 unspecified atom stereocenters. The van der Waals surface area contributed by atoms with Crippen LogP contribution in [0.4, 0.5) is 9.59 Å². The van der Waals surface area contributed by atoms with Gasteiger partial charge in [-0.05, 0) is 55.4 Å². The summed E-state index contributed by atoms with van der Waals surface area (Å²) in [6.45, 7) is 15.7. The van der Waals surface area contributed by atoms with Crippen LogP contribution in [0.2, 0.25) is 0 Å². The van der Waals surface area contributed by atoms with Crippen molar-refractivity contribution in [2.45, 2.75) is 79.6 Å². The van der Waals surface area contributed by atoms with Crippen molar-refractivity contribution in [3.8, 4) is 0 Å². The Morgan fingerprint density at radius 2 is 0.762 bits per heavy atom. The number of hydrogen-bond donors (Lipinski definition) is 0. The quantitative estimate of drug-likeness (QED) is 0.549. The van der Waals surface area contributed by atoms with Crippen LogP contribution in [-0.4, -0.2) is 44.4 Å². The summed E-state index contributed by atoms with van der Waals surface area (Å²) in [6, 6.07) is 0.852. The monoisotopic (exact) mass is 383 g/mol. The molecule has 0 N–H and O–H groups in total. The molecule has 1 radical (unpaired) electrons. The first-order valence-electron chi connectivity index (χ1n) is 6.92. The van der Waals surface area contributed by atoms with E-state index in [4.69, 9.17) is 0 Å². The normalized spacial score (nSPS) is 10.1. The molecule has 2 amide bonds. The average Bonchev–Trinajstić information content (AvgIpc) is 2.12. The molecule has 0 aromatic carbocycles. The molecule has 0 spiro atoms. The van der Waals surface area contributed by atoms with Gasteiger partial charge in [-0.15, -0.1) is 0 Å². The molecule has 0 fully saturated rings. The van der Waals surface area contributed by atoms with Crippen LogP contribution in [0.15, 0.2) is 0 Å². The van der Waals surface area contributed by atoms with Crippen LogP contribution >= 0.6 is 0 Å². The molecule has 0 aliphatic rings. The van der Waals surface area contributed by atoms with Crippen molar-refractivity contribution in [3.05, 3.63) is 0 Å². The van der Waals surface area contributed by atoms with Crippen LogP contribution in [0.5, 0.6) is 0 Å². The summed E-state index contributed by atoms with van der Waals surface area (Å²) in [7, 11) is 0. The molecular weight excluding hydrogens is 356 g/mol. The average molecular weight is 384 g/mol. The van der Waals surface area contributed by atoms with E-state index in [0.717, 1.165) is 0 Å². The largest absolute Gasteiger partial charge is 2.00 e. The molecule has 0 aromatic rings. The van der Waals surface area contributed by atoms with Crippen LogP contribution < -0.4 is 0 Å². The Bertz CT molecular complexity index is 265. The Hall–Kier alpha value is -0.101. The van der Waals surface area contributed by atoms with Crippen molar-refractivity contribution in [2.75, 3.05) is 0 Å². The summed E-state index contributed by atoms with van der Waals surface area (Å²) in [6.07, 6.45) is 0. The third kappa shape index (κ3) is 11.2. The zero-order valence-electron chi connectivity index (χ0n) is 14.1. The molecule has 129 valence electrons. The van der Waals surface area contributed by atoms with Gasteiger partial charge in [-0.3, -0.25) is 0 Å². The molecule has 0 bridgehead atoms. The van der Waals surface area contributed by atoms with E-state index in [0.29, 0.717) is 0 Å². The Morgan fingerprint density at radius 1 is 0.619 bits per heavy atom. The van der Waals surface area contributed by atoms with Gasteiger partial charge >= 0.3 is 17.1 Å². The summed E-state index contributed by atoms with van der Waals surface area (Å²) < 4.78 is 0. The second-order valence-electron chi connectivity index (χ2n) is 5.72. The number of rotatable bonds is 4. The van der Waals surface area contributed by atoms with E-state index in [9.17, 15) is 9.59 Å². The standard InChI is InChI=1S/2C7H15NOS.Cu/c2*1-5(2)8(6(3)4)7(9)10;/h2*5-6H,1-4H3,(H,9,10);/q;;+2/p-2. The summed E-state index contributed by atoms with van der Waals surface area (Å²) in [5, 5.41) is -0.519. The molecule has 7 heteroatoms. The molecule has 0 aromatic heterocycles. The number of nitrogens with zero attached hydrogens (tertiary/aromatic N) is 2. The Kier molecular flexibility index (Phi) is 15.3. The Balaban J connectivity index is -0.000000295. The van der Waals surface area contributed by atoms with Crippen molar-refractivity contribution < 1.29 is 26.7 Å². The first-order valence-corrected chi connectivity index (χ1v) is 7.73. The van der Waals surface area contributed by atoms with E-state index in [1.165, 1.54) is 0 Å². The van der Waals surface area contributed by atoms with E-state index in [1.807, 2.05) is 55.4 Å². The van der Waals surface area contributed by atoms with Gasteiger partial charge in [-0.25, -0.2) is 0 Å². The minimum absolute atomic E-state index is 0. The maximum absolute atomic E-state index is 10.8. The van der Waals surface area contributed by atoms with E-state index < -0.39 is 0 Å². The molecule has 0 saturated carbocycles. The van der Waals surface area contributed by atoms with Gasteiger partial charge < -0.3 is 44.6 Å². The minimum Gasteiger partial charge on any atom is -0.719 e. The number of hydrogen-bond acceptors (Lipinski definition) is 4. The number of carbonyl (C=O) groups excluding carboxylic acids is 2. The van der Waals surface area contributed by atoms with Gasteiger partial charge in [-0.2, -0.15) is 0 Å².